The van der Waals surface area contributed by atoms with Crippen molar-refractivity contribution in [2.24, 2.45) is 0 Å². The average Bonchev–Trinajstić information content (AvgIpc) is 3.22. The number of carbonyl (C=O) groups is 1. The second kappa shape index (κ2) is 12.0. The van der Waals surface area contributed by atoms with E-state index in [1.807, 2.05) is 72.6 Å². The van der Waals surface area contributed by atoms with Crippen LogP contribution in [0.1, 0.15) is 37.0 Å². The normalized spacial score (nSPS) is 10.4. The fourth-order valence-electron chi connectivity index (χ4n) is 3.32. The van der Waals surface area contributed by atoms with E-state index in [1.54, 1.807) is 0 Å². The molecule has 5 nitrogen and oxygen atoms in total. The van der Waals surface area contributed by atoms with E-state index < -0.39 is 0 Å². The van der Waals surface area contributed by atoms with E-state index in [1.165, 1.54) is 0 Å². The minimum absolute atomic E-state index is 0. The lowest BCUT2D eigenvalue weighted by Crippen LogP contribution is -2.28. The van der Waals surface area contributed by atoms with Crippen molar-refractivity contribution in [2.45, 2.75) is 38.5 Å². The van der Waals surface area contributed by atoms with Gasteiger partial charge in [0.25, 0.3) is 0 Å². The van der Waals surface area contributed by atoms with Crippen LogP contribution in [0.3, 0.4) is 0 Å². The lowest BCUT2D eigenvalue weighted by Gasteiger charge is -2.17. The van der Waals surface area contributed by atoms with Gasteiger partial charge in [0.2, 0.25) is 5.91 Å². The van der Waals surface area contributed by atoms with Crippen LogP contribution in [0, 0.1) is 0 Å². The van der Waals surface area contributed by atoms with E-state index in [-0.39, 0.29) is 18.3 Å². The molecule has 3 aromatic rings. The van der Waals surface area contributed by atoms with Gasteiger partial charge in [0.05, 0.1) is 0 Å². The Kier molecular flexibility index (Phi) is 9.42. The van der Waals surface area contributed by atoms with Gasteiger partial charge in [0.15, 0.2) is 0 Å². The molecule has 0 aliphatic carbocycles. The first-order chi connectivity index (χ1) is 14.1. The number of rotatable bonds is 10. The van der Waals surface area contributed by atoms with Crippen LogP contribution >= 0.6 is 12.4 Å². The maximum absolute atomic E-state index is 12.3. The molecule has 1 aromatic heterocycles. The van der Waals surface area contributed by atoms with Crippen LogP contribution in [0.4, 0.5) is 5.69 Å². The molecule has 0 saturated carbocycles. The zero-order valence-electron chi connectivity index (χ0n) is 17.4. The number of unbranched alkanes of at least 4 members (excludes halogenated alkanes) is 2. The summed E-state index contributed by atoms with van der Waals surface area (Å²) in [6, 6.07) is 19.8. The number of nitrogens with two attached hydrogens (primary N) is 1. The lowest BCUT2D eigenvalue weighted by atomic mass is 10.1. The van der Waals surface area contributed by atoms with Gasteiger partial charge in [-0.3, -0.25) is 4.79 Å². The number of hydrogen-bond acceptors (Lipinski definition) is 4. The van der Waals surface area contributed by atoms with Crippen molar-refractivity contribution in [3.63, 3.8) is 0 Å². The molecule has 1 amide bonds. The fourth-order valence-corrected chi connectivity index (χ4v) is 3.32. The maximum atomic E-state index is 12.3. The van der Waals surface area contributed by atoms with Gasteiger partial charge < -0.3 is 15.2 Å². The first-order valence-electron chi connectivity index (χ1n) is 10.2. The molecule has 0 saturated heterocycles. The molecule has 3 rings (SSSR count). The molecule has 0 spiro atoms. The number of anilines is 1. The Labute approximate surface area is 184 Å². The molecule has 0 aliphatic rings. The maximum Gasteiger partial charge on any atom is 0.222 e. The highest BCUT2D eigenvalue weighted by Gasteiger charge is 2.10. The van der Waals surface area contributed by atoms with Crippen LogP contribution in [0.15, 0.2) is 65.2 Å². The molecular weight excluding hydrogens is 398 g/mol. The first-order valence-corrected chi connectivity index (χ1v) is 10.2. The summed E-state index contributed by atoms with van der Waals surface area (Å²) in [5, 5.41) is 4.15. The van der Waals surface area contributed by atoms with Crippen molar-refractivity contribution < 1.29 is 9.32 Å². The van der Waals surface area contributed by atoms with Crippen molar-refractivity contribution in [1.82, 2.24) is 10.1 Å². The zero-order valence-corrected chi connectivity index (χ0v) is 18.2. The second-order valence-electron chi connectivity index (χ2n) is 7.37. The molecule has 0 unspecified atom stereocenters. The molecule has 2 aromatic carbocycles. The van der Waals surface area contributed by atoms with Crippen LogP contribution in [-0.2, 0) is 17.6 Å². The number of amides is 1. The van der Waals surface area contributed by atoms with Crippen molar-refractivity contribution in [3.05, 3.63) is 72.0 Å². The van der Waals surface area contributed by atoms with Crippen molar-refractivity contribution in [1.29, 1.82) is 0 Å². The summed E-state index contributed by atoms with van der Waals surface area (Å²) in [5.74, 6) is 1.07. The Morgan fingerprint density at radius 1 is 1.00 bits per heavy atom. The van der Waals surface area contributed by atoms with E-state index in [9.17, 15) is 4.79 Å². The van der Waals surface area contributed by atoms with Crippen molar-refractivity contribution in [2.75, 3.05) is 19.3 Å². The van der Waals surface area contributed by atoms with Gasteiger partial charge in [-0.2, -0.15) is 0 Å². The van der Waals surface area contributed by atoms with Crippen LogP contribution in [-0.4, -0.2) is 29.6 Å². The summed E-state index contributed by atoms with van der Waals surface area (Å²) < 4.78 is 5.44. The second-order valence-corrected chi connectivity index (χ2v) is 7.37. The zero-order chi connectivity index (χ0) is 20.5. The van der Waals surface area contributed by atoms with E-state index >= 15 is 0 Å². The first kappa shape index (κ1) is 23.5. The number of hydrogen-bond donors (Lipinski definition) is 1. The number of nitrogens with zero attached hydrogens (tertiary/aromatic N) is 2. The average molecular weight is 428 g/mol. The number of carbonyl (C=O) groups excluding carboxylic acids is 1. The monoisotopic (exact) mass is 427 g/mol. The smallest absolute Gasteiger partial charge is 0.222 e. The highest BCUT2D eigenvalue weighted by Crippen LogP contribution is 2.19. The van der Waals surface area contributed by atoms with Crippen molar-refractivity contribution in [3.8, 4) is 11.3 Å². The number of para-hydroxylation sites is 1. The standard InChI is InChI=1S/C24H29N3O2.ClH/c1-27(24(28)16-15-19-10-7-8-14-22(19)25)17-9-3-6-13-21-18-23(26-29-21)20-11-4-2-5-12-20;/h2,4-5,7-8,10-12,14,18H,3,6,9,13,15-17,25H2,1H3;1H. The molecule has 1 heterocycles. The van der Waals surface area contributed by atoms with E-state index in [4.69, 9.17) is 10.3 Å². The number of benzene rings is 2. The summed E-state index contributed by atoms with van der Waals surface area (Å²) in [6.07, 6.45) is 5.09. The van der Waals surface area contributed by atoms with Crippen molar-refractivity contribution >= 4 is 24.0 Å². The molecule has 0 atom stereocenters. The third-order valence-electron chi connectivity index (χ3n) is 5.13. The molecule has 0 radical (unpaired) electrons. The minimum atomic E-state index is 0. The van der Waals surface area contributed by atoms with E-state index in [2.05, 4.69) is 5.16 Å². The molecule has 0 bridgehead atoms. The van der Waals surface area contributed by atoms with Crippen LogP contribution in [0.25, 0.3) is 11.3 Å². The third-order valence-corrected chi connectivity index (χ3v) is 5.13. The van der Waals surface area contributed by atoms with Gasteiger partial charge in [0.1, 0.15) is 11.5 Å². The third kappa shape index (κ3) is 6.92. The quantitative estimate of drug-likeness (QED) is 0.358. The summed E-state index contributed by atoms with van der Waals surface area (Å²) in [4.78, 5) is 14.1. The summed E-state index contributed by atoms with van der Waals surface area (Å²) in [6.45, 7) is 0.773. The Morgan fingerprint density at radius 3 is 2.50 bits per heavy atom. The molecule has 0 fully saturated rings. The lowest BCUT2D eigenvalue weighted by molar-refractivity contribution is -0.129. The van der Waals surface area contributed by atoms with Gasteiger partial charge in [-0.05, 0) is 30.9 Å². The molecule has 30 heavy (non-hydrogen) atoms. The summed E-state index contributed by atoms with van der Waals surface area (Å²) >= 11 is 0. The molecular formula is C24H30ClN3O2. The Morgan fingerprint density at radius 2 is 1.73 bits per heavy atom. The van der Waals surface area contributed by atoms with Gasteiger partial charge in [-0.1, -0.05) is 60.1 Å². The topological polar surface area (TPSA) is 72.4 Å². The van der Waals surface area contributed by atoms with Crippen LogP contribution in [0.2, 0.25) is 0 Å². The SMILES string of the molecule is CN(CCCCCc1cc(-c2ccccc2)no1)C(=O)CCc1ccccc1N.Cl. The van der Waals surface area contributed by atoms with Gasteiger partial charge in [0, 0.05) is 43.8 Å². The number of aryl methyl sites for hydroxylation is 2. The largest absolute Gasteiger partial charge is 0.399 e. The van der Waals surface area contributed by atoms with Crippen LogP contribution < -0.4 is 5.73 Å². The van der Waals surface area contributed by atoms with Gasteiger partial charge in [-0.25, -0.2) is 0 Å². The van der Waals surface area contributed by atoms with E-state index in [0.29, 0.717) is 12.8 Å². The Hall–Kier alpha value is -2.79. The highest BCUT2D eigenvalue weighted by molar-refractivity contribution is 5.85. The summed E-state index contributed by atoms with van der Waals surface area (Å²) in [7, 11) is 1.87. The van der Waals surface area contributed by atoms with Gasteiger partial charge >= 0.3 is 0 Å². The number of aromatic nitrogens is 1. The molecule has 160 valence electrons. The molecule has 0 aliphatic heterocycles. The highest BCUT2D eigenvalue weighted by atomic mass is 35.5. The van der Waals surface area contributed by atoms with E-state index in [0.717, 1.165) is 60.5 Å². The predicted molar refractivity (Wildman–Crippen MR) is 124 cm³/mol. The van der Waals surface area contributed by atoms with Crippen LogP contribution in [0.5, 0.6) is 0 Å². The predicted octanol–water partition coefficient (Wildman–Crippen LogP) is 5.15. The fraction of sp³-hybridized carbons (Fsp3) is 0.333. The Balaban J connectivity index is 0.00000320. The molecule has 6 heteroatoms. The van der Waals surface area contributed by atoms with Gasteiger partial charge in [-0.15, -0.1) is 12.4 Å². The number of nitrogen functional groups attached to an aromatic ring is 1. The number of halogens is 1. The minimum Gasteiger partial charge on any atom is -0.399 e. The molecule has 2 N–H and O–H groups in total. The summed E-state index contributed by atoms with van der Waals surface area (Å²) in [5.41, 5.74) is 9.68. The Bertz CT molecular complexity index is 912.